The Bertz CT molecular complexity index is 1020. The maximum Gasteiger partial charge on any atom is 0.416 e. The Hall–Kier alpha value is -3.01. The molecule has 0 aliphatic carbocycles. The first kappa shape index (κ1) is 19.7. The number of tetrazole rings is 1. The van der Waals surface area contributed by atoms with Crippen molar-refractivity contribution in [1.82, 2.24) is 20.2 Å². The van der Waals surface area contributed by atoms with Crippen LogP contribution in [0.1, 0.15) is 18.5 Å². The molecule has 3 aromatic rings. The van der Waals surface area contributed by atoms with Crippen molar-refractivity contribution in [3.05, 3.63) is 58.9 Å². The van der Waals surface area contributed by atoms with Crippen LogP contribution in [0.4, 0.5) is 23.2 Å². The first-order valence-electron chi connectivity index (χ1n) is 7.88. The maximum absolute atomic E-state index is 13.1. The van der Waals surface area contributed by atoms with Crippen LogP contribution in [0.25, 0.3) is 11.4 Å². The fourth-order valence-corrected chi connectivity index (χ4v) is 2.49. The molecule has 1 heterocycles. The fraction of sp³-hybridized carbons (Fsp3) is 0.176. The van der Waals surface area contributed by atoms with Gasteiger partial charge in [-0.1, -0.05) is 23.7 Å². The summed E-state index contributed by atoms with van der Waals surface area (Å²) in [4.78, 5) is 13.3. The standard InChI is InChI=1S/C17H12ClF4N5O/c1-9(16(28)23-14-6-5-12(19)8-13(14)18)27-25-15(24-26-27)10-3-2-4-11(7-10)17(20,21)22/h2-9H,1H3,(H,23,28). The molecule has 0 spiro atoms. The second kappa shape index (κ2) is 7.55. The Morgan fingerprint density at radius 2 is 1.96 bits per heavy atom. The molecular weight excluding hydrogens is 402 g/mol. The average molecular weight is 414 g/mol. The highest BCUT2D eigenvalue weighted by Gasteiger charge is 2.31. The van der Waals surface area contributed by atoms with Crippen LogP contribution in [0.5, 0.6) is 0 Å². The molecular formula is C17H12ClF4N5O. The molecule has 1 atom stereocenters. The number of hydrogen-bond donors (Lipinski definition) is 1. The normalized spacial score (nSPS) is 12.6. The van der Waals surface area contributed by atoms with Gasteiger partial charge in [0.2, 0.25) is 5.82 Å². The average Bonchev–Trinajstić information content (AvgIpc) is 3.13. The van der Waals surface area contributed by atoms with Crippen molar-refractivity contribution in [3.63, 3.8) is 0 Å². The number of rotatable bonds is 4. The van der Waals surface area contributed by atoms with E-state index in [1.165, 1.54) is 25.1 Å². The Morgan fingerprint density at radius 3 is 2.64 bits per heavy atom. The summed E-state index contributed by atoms with van der Waals surface area (Å²) in [6.07, 6.45) is -4.51. The molecule has 11 heteroatoms. The van der Waals surface area contributed by atoms with Gasteiger partial charge in [0.1, 0.15) is 11.9 Å². The molecule has 2 aromatic carbocycles. The minimum atomic E-state index is -4.51. The Balaban J connectivity index is 1.78. The molecule has 1 aromatic heterocycles. The first-order chi connectivity index (χ1) is 13.1. The summed E-state index contributed by atoms with van der Waals surface area (Å²) in [6, 6.07) is 6.97. The minimum Gasteiger partial charge on any atom is -0.323 e. The number of aromatic nitrogens is 4. The predicted molar refractivity (Wildman–Crippen MR) is 93.0 cm³/mol. The molecule has 1 amide bonds. The van der Waals surface area contributed by atoms with Gasteiger partial charge < -0.3 is 5.32 Å². The largest absolute Gasteiger partial charge is 0.416 e. The number of anilines is 1. The summed E-state index contributed by atoms with van der Waals surface area (Å²) in [6.45, 7) is 1.46. The van der Waals surface area contributed by atoms with Crippen LogP contribution < -0.4 is 5.32 Å². The van der Waals surface area contributed by atoms with Crippen molar-refractivity contribution in [2.45, 2.75) is 19.1 Å². The van der Waals surface area contributed by atoms with Crippen LogP contribution in [0.15, 0.2) is 42.5 Å². The Labute approximate surface area is 161 Å². The first-order valence-corrected chi connectivity index (χ1v) is 8.26. The minimum absolute atomic E-state index is 0.0109. The quantitative estimate of drug-likeness (QED) is 0.645. The highest BCUT2D eigenvalue weighted by Crippen LogP contribution is 2.31. The highest BCUT2D eigenvalue weighted by atomic mass is 35.5. The Kier molecular flexibility index (Phi) is 5.32. The molecule has 0 saturated heterocycles. The van der Waals surface area contributed by atoms with Gasteiger partial charge in [0.25, 0.3) is 5.91 Å². The van der Waals surface area contributed by atoms with Gasteiger partial charge in [-0.3, -0.25) is 4.79 Å². The number of alkyl halides is 3. The lowest BCUT2D eigenvalue weighted by Gasteiger charge is -2.12. The Morgan fingerprint density at radius 1 is 1.21 bits per heavy atom. The van der Waals surface area contributed by atoms with E-state index in [2.05, 4.69) is 20.7 Å². The van der Waals surface area contributed by atoms with Crippen molar-refractivity contribution in [1.29, 1.82) is 0 Å². The lowest BCUT2D eigenvalue weighted by molar-refractivity contribution is -0.137. The van der Waals surface area contributed by atoms with Crippen LogP contribution in [0.2, 0.25) is 5.02 Å². The van der Waals surface area contributed by atoms with E-state index in [9.17, 15) is 22.4 Å². The predicted octanol–water partition coefficient (Wildman–Crippen LogP) is 4.35. The van der Waals surface area contributed by atoms with E-state index < -0.39 is 29.5 Å². The molecule has 0 fully saturated rings. The van der Waals surface area contributed by atoms with Crippen LogP contribution in [0, 0.1) is 5.82 Å². The molecule has 146 valence electrons. The number of hydrogen-bond acceptors (Lipinski definition) is 4. The van der Waals surface area contributed by atoms with Crippen molar-refractivity contribution in [3.8, 4) is 11.4 Å². The summed E-state index contributed by atoms with van der Waals surface area (Å²) in [5.74, 6) is -1.19. The third kappa shape index (κ3) is 4.28. The molecule has 0 aliphatic rings. The lowest BCUT2D eigenvalue weighted by atomic mass is 10.1. The molecule has 0 saturated carbocycles. The summed E-state index contributed by atoms with van der Waals surface area (Å²) >= 11 is 5.86. The number of carbonyl (C=O) groups excluding carboxylic acids is 1. The molecule has 6 nitrogen and oxygen atoms in total. The summed E-state index contributed by atoms with van der Waals surface area (Å²) < 4.78 is 51.6. The molecule has 0 radical (unpaired) electrons. The third-order valence-corrected chi connectivity index (χ3v) is 4.10. The van der Waals surface area contributed by atoms with Gasteiger partial charge in [-0.05, 0) is 42.5 Å². The summed E-state index contributed by atoms with van der Waals surface area (Å²) in [7, 11) is 0. The van der Waals surface area contributed by atoms with Gasteiger partial charge in [0, 0.05) is 5.56 Å². The number of halogens is 5. The van der Waals surface area contributed by atoms with Crippen LogP contribution in [0.3, 0.4) is 0 Å². The van der Waals surface area contributed by atoms with E-state index in [0.29, 0.717) is 0 Å². The second-order valence-electron chi connectivity index (χ2n) is 5.80. The SMILES string of the molecule is CC(C(=O)Nc1ccc(F)cc1Cl)n1nnc(-c2cccc(C(F)(F)F)c2)n1. The van der Waals surface area contributed by atoms with Gasteiger partial charge in [-0.15, -0.1) is 10.2 Å². The van der Waals surface area contributed by atoms with Crippen LogP contribution in [-0.4, -0.2) is 26.1 Å². The van der Waals surface area contributed by atoms with E-state index in [1.54, 1.807) is 0 Å². The van der Waals surface area contributed by atoms with E-state index in [-0.39, 0.29) is 22.1 Å². The van der Waals surface area contributed by atoms with Crippen molar-refractivity contribution in [2.75, 3.05) is 5.32 Å². The maximum atomic E-state index is 13.1. The van der Waals surface area contributed by atoms with Gasteiger partial charge in [0.05, 0.1) is 16.3 Å². The van der Waals surface area contributed by atoms with Crippen molar-refractivity contribution in [2.24, 2.45) is 0 Å². The van der Waals surface area contributed by atoms with Gasteiger partial charge in [0.15, 0.2) is 0 Å². The molecule has 1 unspecified atom stereocenters. The van der Waals surface area contributed by atoms with E-state index >= 15 is 0 Å². The molecule has 0 aliphatic heterocycles. The zero-order valence-corrected chi connectivity index (χ0v) is 15.0. The van der Waals surface area contributed by atoms with E-state index in [0.717, 1.165) is 29.1 Å². The molecule has 1 N–H and O–H groups in total. The number of amides is 1. The zero-order valence-electron chi connectivity index (χ0n) is 14.2. The van der Waals surface area contributed by atoms with Gasteiger partial charge in [-0.25, -0.2) is 4.39 Å². The zero-order chi connectivity index (χ0) is 20.5. The van der Waals surface area contributed by atoms with Crippen LogP contribution in [-0.2, 0) is 11.0 Å². The summed E-state index contributed by atoms with van der Waals surface area (Å²) in [5.41, 5.74) is -0.550. The fourth-order valence-electron chi connectivity index (χ4n) is 2.27. The van der Waals surface area contributed by atoms with E-state index in [4.69, 9.17) is 11.6 Å². The summed E-state index contributed by atoms with van der Waals surface area (Å²) in [5, 5.41) is 13.9. The molecule has 0 bridgehead atoms. The third-order valence-electron chi connectivity index (χ3n) is 3.79. The molecule has 3 rings (SSSR count). The van der Waals surface area contributed by atoms with Gasteiger partial charge in [-0.2, -0.15) is 18.0 Å². The number of carbonyl (C=O) groups is 1. The highest BCUT2D eigenvalue weighted by molar-refractivity contribution is 6.33. The van der Waals surface area contributed by atoms with Crippen molar-refractivity contribution >= 4 is 23.2 Å². The molecule has 28 heavy (non-hydrogen) atoms. The lowest BCUT2D eigenvalue weighted by Crippen LogP contribution is -2.25. The number of nitrogens with one attached hydrogen (secondary N) is 1. The monoisotopic (exact) mass is 413 g/mol. The smallest absolute Gasteiger partial charge is 0.323 e. The van der Waals surface area contributed by atoms with Crippen LogP contribution >= 0.6 is 11.6 Å². The van der Waals surface area contributed by atoms with E-state index in [1.807, 2.05) is 0 Å². The number of nitrogens with zero attached hydrogens (tertiary/aromatic N) is 4. The van der Waals surface area contributed by atoms with Gasteiger partial charge >= 0.3 is 6.18 Å². The second-order valence-corrected chi connectivity index (χ2v) is 6.21. The van der Waals surface area contributed by atoms with Crippen molar-refractivity contribution < 1.29 is 22.4 Å². The topological polar surface area (TPSA) is 72.7 Å². The number of benzene rings is 2.